The number of benzene rings is 6. The fourth-order valence-corrected chi connectivity index (χ4v) is 18.9. The molecule has 0 amide bonds. The van der Waals surface area contributed by atoms with Gasteiger partial charge in [0, 0.05) is 0 Å². The van der Waals surface area contributed by atoms with Crippen LogP contribution in [0.15, 0.2) is 179 Å². The van der Waals surface area contributed by atoms with E-state index in [0.717, 1.165) is 6.42 Å². The van der Waals surface area contributed by atoms with Crippen molar-refractivity contribution in [2.45, 2.75) is 74.3 Å². The summed E-state index contributed by atoms with van der Waals surface area (Å²) in [6.07, 6.45) is 8.33. The van der Waals surface area contributed by atoms with Gasteiger partial charge in [-0.2, -0.15) is 0 Å². The van der Waals surface area contributed by atoms with Crippen molar-refractivity contribution in [3.8, 4) is 11.1 Å². The van der Waals surface area contributed by atoms with E-state index in [1.807, 2.05) is 0 Å². The maximum atomic E-state index is 2.62. The Labute approximate surface area is 355 Å². The Balaban J connectivity index is 0.00000266. The van der Waals surface area contributed by atoms with E-state index in [1.54, 1.807) is 17.6 Å². The van der Waals surface area contributed by atoms with Gasteiger partial charge in [-0.25, -0.2) is 0 Å². The predicted octanol–water partition coefficient (Wildman–Crippen LogP) is 14.5. The van der Waals surface area contributed by atoms with Crippen molar-refractivity contribution in [3.05, 3.63) is 224 Å². The Morgan fingerprint density at radius 1 is 0.500 bits per heavy atom. The van der Waals surface area contributed by atoms with Crippen molar-refractivity contribution in [1.29, 1.82) is 0 Å². The van der Waals surface area contributed by atoms with E-state index in [9.17, 15) is 0 Å². The zero-order valence-electron chi connectivity index (χ0n) is 33.5. The van der Waals surface area contributed by atoms with Crippen molar-refractivity contribution in [3.63, 3.8) is 0 Å². The van der Waals surface area contributed by atoms with Gasteiger partial charge in [0.1, 0.15) is 0 Å². The largest absolute Gasteiger partial charge is 0.147 e. The van der Waals surface area contributed by atoms with Gasteiger partial charge in [-0.05, 0) is 0 Å². The molecule has 0 aliphatic heterocycles. The van der Waals surface area contributed by atoms with Crippen LogP contribution in [0.4, 0.5) is 0 Å². The van der Waals surface area contributed by atoms with Gasteiger partial charge in [0.25, 0.3) is 0 Å². The summed E-state index contributed by atoms with van der Waals surface area (Å²) >= 11 is -3.09. The van der Waals surface area contributed by atoms with E-state index >= 15 is 0 Å². The van der Waals surface area contributed by atoms with Crippen molar-refractivity contribution in [1.82, 2.24) is 0 Å². The fourth-order valence-electron chi connectivity index (χ4n) is 8.85. The molecule has 0 aromatic heterocycles. The molecule has 0 unspecified atom stereocenters. The third kappa shape index (κ3) is 8.25. The van der Waals surface area contributed by atoms with Gasteiger partial charge >= 0.3 is 334 Å². The first kappa shape index (κ1) is 41.8. The molecule has 0 saturated carbocycles. The molecule has 6 aromatic rings. The first-order valence-electron chi connectivity index (χ1n) is 19.7. The van der Waals surface area contributed by atoms with Crippen molar-refractivity contribution in [2.75, 3.05) is 0 Å². The van der Waals surface area contributed by atoms with Gasteiger partial charge in [-0.15, -0.1) is 24.8 Å². The second-order valence-electron chi connectivity index (χ2n) is 17.2. The van der Waals surface area contributed by atoms with Crippen LogP contribution in [0.1, 0.15) is 108 Å². The van der Waals surface area contributed by atoms with E-state index in [-0.39, 0.29) is 47.5 Å². The molecule has 0 radical (unpaired) electrons. The van der Waals surface area contributed by atoms with Crippen molar-refractivity contribution >= 4 is 28.0 Å². The van der Waals surface area contributed by atoms with E-state index in [2.05, 4.69) is 217 Å². The third-order valence-electron chi connectivity index (χ3n) is 11.6. The normalized spacial score (nSPS) is 13.5. The molecule has 0 atom stereocenters. The Hall–Kier alpha value is -3.87. The first-order chi connectivity index (χ1) is 26.1. The maximum absolute atomic E-state index is 3.09. The van der Waals surface area contributed by atoms with Crippen molar-refractivity contribution in [2.24, 2.45) is 0 Å². The molecule has 0 N–H and O–H groups in total. The Morgan fingerprint density at radius 2 is 0.857 bits per heavy atom. The van der Waals surface area contributed by atoms with Gasteiger partial charge in [-0.1, -0.05) is 0 Å². The van der Waals surface area contributed by atoms with E-state index in [0.29, 0.717) is 3.63 Å². The summed E-state index contributed by atoms with van der Waals surface area (Å²) in [5.74, 6) is 0.246. The summed E-state index contributed by atoms with van der Waals surface area (Å²) in [7, 11) is 0. The smallest absolute Gasteiger partial charge is 0.147 e. The minimum atomic E-state index is -3.09. The van der Waals surface area contributed by atoms with Gasteiger partial charge in [0.2, 0.25) is 0 Å². The zero-order valence-corrected chi connectivity index (χ0v) is 37.6. The van der Waals surface area contributed by atoms with Gasteiger partial charge < -0.3 is 0 Å². The topological polar surface area (TPSA) is 0 Å². The molecule has 0 nitrogen and oxygen atoms in total. The van der Waals surface area contributed by atoms with Gasteiger partial charge in [-0.3, -0.25) is 0 Å². The zero-order chi connectivity index (χ0) is 37.5. The molecular weight excluding hydrogens is 799 g/mol. The number of halogens is 2. The molecule has 0 spiro atoms. The molecule has 6 aromatic carbocycles. The molecule has 0 fully saturated rings. The van der Waals surface area contributed by atoms with Crippen LogP contribution in [-0.2, 0) is 32.1 Å². The number of hydrogen-bond donors (Lipinski definition) is 0. The van der Waals surface area contributed by atoms with Crippen LogP contribution in [0, 0.1) is 0 Å². The van der Waals surface area contributed by atoms with Crippen LogP contribution in [0.25, 0.3) is 11.1 Å². The van der Waals surface area contributed by atoms with E-state index in [4.69, 9.17) is 0 Å². The van der Waals surface area contributed by atoms with Crippen LogP contribution in [0.5, 0.6) is 0 Å². The summed E-state index contributed by atoms with van der Waals surface area (Å²) in [5.41, 5.74) is 14.4. The molecule has 0 saturated heterocycles. The second-order valence-corrected chi connectivity index (χ2v) is 23.7. The standard InChI is InChI=1S/C27H22.C21H25.C5H5.2ClH.Zr/c1-5-13-22(14-6-1)26(23-15-7-2-8-16-23)21-27(24-17-9-3-10-18-24)25-19-11-4-12-20-25;1-20(2,3)16-7-9-18-14(12-16)11-15-13-17(21(4,5)6)8-10-19(15)18;1-2-4-5-3-1;;;/h1-20,26-27H;7-13H,1-6H3;1-3H,4H2;2*1H;. The minimum absolute atomic E-state index is 0. The summed E-state index contributed by atoms with van der Waals surface area (Å²) in [5, 5.41) is 0. The maximum Gasteiger partial charge on any atom is -0.147 e. The average molecular weight is 853 g/mol. The number of allylic oxidation sites excluding steroid dienone is 4. The number of hydrogen-bond acceptors (Lipinski definition) is 0. The molecular formula is C53H54Cl2Zr. The van der Waals surface area contributed by atoms with Crippen LogP contribution in [0.2, 0.25) is 0 Å². The minimum Gasteiger partial charge on any atom is -0.147 e. The van der Waals surface area contributed by atoms with E-state index < -0.39 is 21.3 Å². The van der Waals surface area contributed by atoms with Crippen LogP contribution >= 0.6 is 24.8 Å². The van der Waals surface area contributed by atoms with Crippen LogP contribution in [-0.4, -0.2) is 3.21 Å². The van der Waals surface area contributed by atoms with Gasteiger partial charge in [0.15, 0.2) is 0 Å². The fraction of sp³-hybridized carbons (Fsp3) is 0.226. The summed E-state index contributed by atoms with van der Waals surface area (Å²) in [6, 6.07) is 60.7. The van der Waals surface area contributed by atoms with Gasteiger partial charge in [0.05, 0.1) is 0 Å². The summed E-state index contributed by atoms with van der Waals surface area (Å²) < 4.78 is 3.74. The number of rotatable bonds is 8. The Bertz CT molecular complexity index is 2130. The van der Waals surface area contributed by atoms with Crippen molar-refractivity contribution < 1.29 is 21.3 Å². The monoisotopic (exact) mass is 850 g/mol. The Morgan fingerprint density at radius 3 is 1.16 bits per heavy atom. The van der Waals surface area contributed by atoms with Crippen LogP contribution < -0.4 is 0 Å². The average Bonchev–Trinajstić information content (AvgIpc) is 3.83. The second kappa shape index (κ2) is 17.3. The summed E-state index contributed by atoms with van der Waals surface area (Å²) in [6.45, 7) is 14.2. The van der Waals surface area contributed by atoms with Crippen LogP contribution in [0.3, 0.4) is 0 Å². The third-order valence-corrected chi connectivity index (χ3v) is 20.1. The quantitative estimate of drug-likeness (QED) is 0.143. The Kier molecular flexibility index (Phi) is 12.9. The molecule has 0 heterocycles. The first-order valence-corrected chi connectivity index (χ1v) is 23.6. The molecule has 3 heteroatoms. The predicted molar refractivity (Wildman–Crippen MR) is 242 cm³/mol. The van der Waals surface area contributed by atoms with E-state index in [1.165, 1.54) is 44.5 Å². The molecule has 56 heavy (non-hydrogen) atoms. The molecule has 0 bridgehead atoms. The molecule has 284 valence electrons. The molecule has 2 aliphatic rings. The number of fused-ring (bicyclic) bond motifs is 3. The molecule has 8 rings (SSSR count). The SMILES string of the molecule is CC(C)(C)c1ccc2c(c1)[CH]([Zr]([C]1=CC=CC1)=[C](C(c1ccccc1)c1ccccc1)C(c1ccccc1)c1ccccc1)c1cc(C(C)(C)C)ccc1-2.Cl.Cl. The molecule has 2 aliphatic carbocycles. The summed E-state index contributed by atoms with van der Waals surface area (Å²) in [4.78, 5) is 0.